The number of hydrogen-bond acceptors (Lipinski definition) is 4. The Hall–Kier alpha value is -2.68. The van der Waals surface area contributed by atoms with Gasteiger partial charge in [-0.15, -0.1) is 0 Å². The van der Waals surface area contributed by atoms with Crippen LogP contribution in [0.4, 0.5) is 17.6 Å². The minimum atomic E-state index is -4.38. The van der Waals surface area contributed by atoms with E-state index in [9.17, 15) is 13.2 Å². The SMILES string of the molecule is CCCOC1COC(CCc2ccc3c(F)c(CCc4ccc(OCC(F)(F)F)cc4)ccc3c2)OC1. The van der Waals surface area contributed by atoms with Gasteiger partial charge in [0.05, 0.1) is 13.2 Å². The highest BCUT2D eigenvalue weighted by molar-refractivity contribution is 5.84. The van der Waals surface area contributed by atoms with Crippen LogP contribution in [0.1, 0.15) is 36.5 Å². The molecule has 1 heterocycles. The van der Waals surface area contributed by atoms with Gasteiger partial charge in [0.2, 0.25) is 0 Å². The highest BCUT2D eigenvalue weighted by Gasteiger charge is 2.28. The molecule has 0 saturated carbocycles. The molecular formula is C29H32F4O4. The molecule has 4 nitrogen and oxygen atoms in total. The molecule has 0 aliphatic carbocycles. The van der Waals surface area contributed by atoms with Crippen LogP contribution in [0.5, 0.6) is 5.75 Å². The molecule has 4 rings (SSSR count). The van der Waals surface area contributed by atoms with Crippen LogP contribution in [0.25, 0.3) is 10.8 Å². The molecule has 200 valence electrons. The Bertz CT molecular complexity index is 1140. The number of fused-ring (bicyclic) bond motifs is 1. The van der Waals surface area contributed by atoms with Crippen LogP contribution in [-0.4, -0.2) is 45.0 Å². The van der Waals surface area contributed by atoms with E-state index in [1.54, 1.807) is 18.2 Å². The van der Waals surface area contributed by atoms with Crippen LogP contribution in [0.3, 0.4) is 0 Å². The molecule has 8 heteroatoms. The van der Waals surface area contributed by atoms with Crippen molar-refractivity contribution in [3.05, 3.63) is 77.1 Å². The van der Waals surface area contributed by atoms with Crippen molar-refractivity contribution in [2.45, 2.75) is 57.6 Å². The summed E-state index contributed by atoms with van der Waals surface area (Å²) in [6, 6.07) is 15.9. The number of aryl methyl sites for hydroxylation is 3. The maximum absolute atomic E-state index is 15.2. The quantitative estimate of drug-likeness (QED) is 0.261. The van der Waals surface area contributed by atoms with Gasteiger partial charge in [-0.05, 0) is 59.9 Å². The van der Waals surface area contributed by atoms with E-state index in [-0.39, 0.29) is 24.0 Å². The molecule has 3 aromatic rings. The number of hydrogen-bond donors (Lipinski definition) is 0. The molecular weight excluding hydrogens is 488 g/mol. The minimum Gasteiger partial charge on any atom is -0.484 e. The van der Waals surface area contributed by atoms with Crippen molar-refractivity contribution < 1.29 is 36.5 Å². The summed E-state index contributed by atoms with van der Waals surface area (Å²) in [5.41, 5.74) is 2.58. The summed E-state index contributed by atoms with van der Waals surface area (Å²) in [5, 5.41) is 1.40. The predicted octanol–water partition coefficient (Wildman–Crippen LogP) is 6.81. The zero-order chi connectivity index (χ0) is 26.3. The second-order valence-corrected chi connectivity index (χ2v) is 9.27. The van der Waals surface area contributed by atoms with E-state index >= 15 is 4.39 Å². The van der Waals surface area contributed by atoms with Crippen molar-refractivity contribution in [3.8, 4) is 5.75 Å². The van der Waals surface area contributed by atoms with Crippen molar-refractivity contribution in [3.63, 3.8) is 0 Å². The molecule has 1 saturated heterocycles. The van der Waals surface area contributed by atoms with Gasteiger partial charge in [-0.25, -0.2) is 4.39 Å². The number of benzene rings is 3. The lowest BCUT2D eigenvalue weighted by atomic mass is 9.98. The second kappa shape index (κ2) is 12.7. The van der Waals surface area contributed by atoms with E-state index in [1.165, 1.54) is 12.1 Å². The molecule has 0 bridgehead atoms. The van der Waals surface area contributed by atoms with Gasteiger partial charge in [0.1, 0.15) is 17.7 Å². The normalized spacial score (nSPS) is 18.3. The fourth-order valence-electron chi connectivity index (χ4n) is 4.29. The van der Waals surface area contributed by atoms with Crippen LogP contribution in [-0.2, 0) is 33.5 Å². The lowest BCUT2D eigenvalue weighted by Gasteiger charge is -2.29. The van der Waals surface area contributed by atoms with E-state index in [0.717, 1.165) is 29.4 Å². The lowest BCUT2D eigenvalue weighted by molar-refractivity contribution is -0.227. The molecule has 0 amide bonds. The van der Waals surface area contributed by atoms with Gasteiger partial charge in [0, 0.05) is 18.4 Å². The fraction of sp³-hybridized carbons (Fsp3) is 0.448. The number of rotatable bonds is 11. The van der Waals surface area contributed by atoms with E-state index in [1.807, 2.05) is 24.3 Å². The molecule has 0 aromatic heterocycles. The van der Waals surface area contributed by atoms with Crippen LogP contribution in [0.2, 0.25) is 0 Å². The number of ether oxygens (including phenoxy) is 4. The topological polar surface area (TPSA) is 36.9 Å². The van der Waals surface area contributed by atoms with Crippen LogP contribution < -0.4 is 4.74 Å². The summed E-state index contributed by atoms with van der Waals surface area (Å²) in [6.45, 7) is 2.51. The van der Waals surface area contributed by atoms with Crippen LogP contribution in [0.15, 0.2) is 54.6 Å². The summed E-state index contributed by atoms with van der Waals surface area (Å²) >= 11 is 0. The highest BCUT2D eigenvalue weighted by atomic mass is 19.4. The Morgan fingerprint density at radius 1 is 0.892 bits per heavy atom. The standard InChI is InChI=1S/C29H32F4O4/c1-2-15-34-25-17-35-27(36-18-25)14-7-21-6-13-26-23(16-21)10-9-22(28(26)30)8-3-20-4-11-24(12-5-20)37-19-29(31,32)33/h4-6,9-13,16,25,27H,2-3,7-8,14-15,17-19H2,1H3. The average Bonchev–Trinajstić information content (AvgIpc) is 2.90. The third kappa shape index (κ3) is 8.15. The number of alkyl halides is 3. The molecule has 1 fully saturated rings. The Balaban J connectivity index is 1.29. The van der Waals surface area contributed by atoms with Gasteiger partial charge in [0.25, 0.3) is 0 Å². The van der Waals surface area contributed by atoms with E-state index in [0.29, 0.717) is 50.0 Å². The van der Waals surface area contributed by atoms with Gasteiger partial charge in [-0.1, -0.05) is 49.4 Å². The monoisotopic (exact) mass is 520 g/mol. The first kappa shape index (κ1) is 27.4. The Labute approximate surface area is 214 Å². The first-order valence-electron chi connectivity index (χ1n) is 12.6. The largest absolute Gasteiger partial charge is 0.484 e. The zero-order valence-corrected chi connectivity index (χ0v) is 20.9. The molecule has 0 atom stereocenters. The lowest BCUT2D eigenvalue weighted by Crippen LogP contribution is -2.37. The minimum absolute atomic E-state index is 0.00862. The Morgan fingerprint density at radius 2 is 1.62 bits per heavy atom. The number of halogens is 4. The van der Waals surface area contributed by atoms with Gasteiger partial charge in [0.15, 0.2) is 12.9 Å². The third-order valence-electron chi connectivity index (χ3n) is 6.27. The Kier molecular flexibility index (Phi) is 9.40. The first-order valence-corrected chi connectivity index (χ1v) is 12.6. The summed E-state index contributed by atoms with van der Waals surface area (Å²) in [7, 11) is 0. The molecule has 0 spiro atoms. The fourth-order valence-corrected chi connectivity index (χ4v) is 4.29. The molecule has 0 unspecified atom stereocenters. The second-order valence-electron chi connectivity index (χ2n) is 9.27. The van der Waals surface area contributed by atoms with Gasteiger partial charge >= 0.3 is 6.18 Å². The first-order chi connectivity index (χ1) is 17.8. The molecule has 0 radical (unpaired) electrons. The molecule has 1 aliphatic heterocycles. The maximum atomic E-state index is 15.2. The average molecular weight is 521 g/mol. The van der Waals surface area contributed by atoms with Crippen molar-refractivity contribution in [2.24, 2.45) is 0 Å². The molecule has 37 heavy (non-hydrogen) atoms. The van der Waals surface area contributed by atoms with Crippen molar-refractivity contribution in [1.29, 1.82) is 0 Å². The van der Waals surface area contributed by atoms with Crippen LogP contribution >= 0.6 is 0 Å². The van der Waals surface area contributed by atoms with E-state index < -0.39 is 12.8 Å². The van der Waals surface area contributed by atoms with Gasteiger partial charge in [-0.2, -0.15) is 13.2 Å². The zero-order valence-electron chi connectivity index (χ0n) is 20.9. The van der Waals surface area contributed by atoms with Gasteiger partial charge in [-0.3, -0.25) is 0 Å². The maximum Gasteiger partial charge on any atom is 0.422 e. The summed E-state index contributed by atoms with van der Waals surface area (Å²) in [5.74, 6) is -0.0909. The van der Waals surface area contributed by atoms with E-state index in [4.69, 9.17) is 18.9 Å². The van der Waals surface area contributed by atoms with Crippen molar-refractivity contribution in [1.82, 2.24) is 0 Å². The predicted molar refractivity (Wildman–Crippen MR) is 133 cm³/mol. The Morgan fingerprint density at radius 3 is 2.32 bits per heavy atom. The van der Waals surface area contributed by atoms with E-state index in [2.05, 4.69) is 6.92 Å². The van der Waals surface area contributed by atoms with Gasteiger partial charge < -0.3 is 18.9 Å². The van der Waals surface area contributed by atoms with Crippen molar-refractivity contribution >= 4 is 10.8 Å². The molecule has 1 aliphatic rings. The highest BCUT2D eigenvalue weighted by Crippen LogP contribution is 2.25. The summed E-state index contributed by atoms with van der Waals surface area (Å²) < 4.78 is 74.0. The van der Waals surface area contributed by atoms with Crippen LogP contribution in [0, 0.1) is 5.82 Å². The molecule has 3 aromatic carbocycles. The van der Waals surface area contributed by atoms with Crippen molar-refractivity contribution in [2.75, 3.05) is 26.4 Å². The smallest absolute Gasteiger partial charge is 0.422 e. The summed E-state index contributed by atoms with van der Waals surface area (Å²) in [6.07, 6.45) is -1.17. The summed E-state index contributed by atoms with van der Waals surface area (Å²) in [4.78, 5) is 0. The molecule has 0 N–H and O–H groups in total. The third-order valence-corrected chi connectivity index (χ3v) is 6.27.